The van der Waals surface area contributed by atoms with Crippen LogP contribution in [0.4, 0.5) is 11.4 Å². The van der Waals surface area contributed by atoms with Crippen LogP contribution in [-0.4, -0.2) is 18.0 Å². The van der Waals surface area contributed by atoms with Gasteiger partial charge in [0.2, 0.25) is 0 Å². The largest absolute Gasteiger partial charge is 0.397 e. The van der Waals surface area contributed by atoms with Crippen molar-refractivity contribution in [3.05, 3.63) is 35.7 Å². The molecule has 0 aliphatic carbocycles. The molecule has 0 spiro atoms. The number of anilines is 2. The zero-order valence-electron chi connectivity index (χ0n) is 9.46. The average Bonchev–Trinajstić information content (AvgIpc) is 2.71. The van der Waals surface area contributed by atoms with E-state index < -0.39 is 10.0 Å². The van der Waals surface area contributed by atoms with E-state index in [0.717, 1.165) is 0 Å². The Kier molecular flexibility index (Phi) is 3.18. The third kappa shape index (κ3) is 2.57. The van der Waals surface area contributed by atoms with E-state index in [0.29, 0.717) is 16.4 Å². The Morgan fingerprint density at radius 2 is 2.17 bits per heavy atom. The number of aryl methyl sites for hydroxylation is 1. The van der Waals surface area contributed by atoms with Crippen molar-refractivity contribution in [1.82, 2.24) is 9.55 Å². The standard InChI is InChI=1S/C10H11ClN4O2S/c1-15-5-10(13-6-15)18(16,17)14-7-2-3-8(11)9(12)4-7/h2-6,14H,12H2,1H3. The SMILES string of the molecule is Cn1cnc(S(=O)(=O)Nc2ccc(Cl)c(N)c2)c1. The van der Waals surface area contributed by atoms with E-state index in [1.54, 1.807) is 11.6 Å². The Morgan fingerprint density at radius 1 is 1.44 bits per heavy atom. The second-order valence-corrected chi connectivity index (χ2v) is 5.76. The molecule has 8 heteroatoms. The van der Waals surface area contributed by atoms with Crippen LogP contribution in [-0.2, 0) is 17.1 Å². The van der Waals surface area contributed by atoms with Crippen molar-refractivity contribution >= 4 is 33.0 Å². The number of rotatable bonds is 3. The molecule has 0 fully saturated rings. The lowest BCUT2D eigenvalue weighted by Gasteiger charge is -2.07. The average molecular weight is 287 g/mol. The Balaban J connectivity index is 2.30. The minimum absolute atomic E-state index is 0.0569. The van der Waals surface area contributed by atoms with Crippen LogP contribution in [0.5, 0.6) is 0 Å². The summed E-state index contributed by atoms with van der Waals surface area (Å²) in [6, 6.07) is 4.50. The Labute approximate surface area is 109 Å². The lowest BCUT2D eigenvalue weighted by Crippen LogP contribution is -2.13. The van der Waals surface area contributed by atoms with Crippen LogP contribution in [0.2, 0.25) is 5.02 Å². The number of sulfonamides is 1. The van der Waals surface area contributed by atoms with Crippen LogP contribution in [0.1, 0.15) is 0 Å². The predicted molar refractivity (Wildman–Crippen MR) is 69.9 cm³/mol. The molecule has 0 saturated heterocycles. The highest BCUT2D eigenvalue weighted by atomic mass is 35.5. The van der Waals surface area contributed by atoms with Gasteiger partial charge in [-0.1, -0.05) is 11.6 Å². The number of hydrogen-bond donors (Lipinski definition) is 2. The van der Waals surface area contributed by atoms with Gasteiger partial charge in [-0.3, -0.25) is 4.72 Å². The van der Waals surface area contributed by atoms with Gasteiger partial charge in [0.25, 0.3) is 10.0 Å². The van der Waals surface area contributed by atoms with Crippen LogP contribution < -0.4 is 10.5 Å². The second-order valence-electron chi connectivity index (χ2n) is 3.72. The molecule has 0 unspecified atom stereocenters. The van der Waals surface area contributed by atoms with Gasteiger partial charge in [-0.15, -0.1) is 0 Å². The molecule has 0 aliphatic heterocycles. The number of hydrogen-bond acceptors (Lipinski definition) is 4. The molecule has 0 amide bonds. The van der Waals surface area contributed by atoms with Crippen molar-refractivity contribution in [3.63, 3.8) is 0 Å². The summed E-state index contributed by atoms with van der Waals surface area (Å²) in [5.41, 5.74) is 6.24. The van der Waals surface area contributed by atoms with Crippen LogP contribution >= 0.6 is 11.6 Å². The molecule has 0 aliphatic rings. The van der Waals surface area contributed by atoms with Gasteiger partial charge in [-0.25, -0.2) is 4.98 Å². The molecule has 0 atom stereocenters. The smallest absolute Gasteiger partial charge is 0.280 e. The van der Waals surface area contributed by atoms with E-state index in [4.69, 9.17) is 17.3 Å². The van der Waals surface area contributed by atoms with Crippen molar-refractivity contribution in [2.75, 3.05) is 10.5 Å². The number of nitrogens with one attached hydrogen (secondary N) is 1. The Morgan fingerprint density at radius 3 is 2.72 bits per heavy atom. The van der Waals surface area contributed by atoms with E-state index in [1.165, 1.54) is 30.7 Å². The first-order valence-corrected chi connectivity index (χ1v) is 6.80. The maximum atomic E-state index is 12.0. The van der Waals surface area contributed by atoms with Crippen LogP contribution in [0.15, 0.2) is 35.7 Å². The molecular formula is C10H11ClN4O2S. The quantitative estimate of drug-likeness (QED) is 0.836. The molecule has 96 valence electrons. The maximum Gasteiger partial charge on any atom is 0.280 e. The van der Waals surface area contributed by atoms with Gasteiger partial charge in [0.1, 0.15) is 0 Å². The highest BCUT2D eigenvalue weighted by Gasteiger charge is 2.17. The summed E-state index contributed by atoms with van der Waals surface area (Å²) in [6.07, 6.45) is 2.81. The number of nitrogen functional groups attached to an aromatic ring is 1. The zero-order valence-corrected chi connectivity index (χ0v) is 11.0. The molecule has 3 N–H and O–H groups in total. The van der Waals surface area contributed by atoms with Gasteiger partial charge < -0.3 is 10.3 Å². The van der Waals surface area contributed by atoms with Crippen molar-refractivity contribution in [2.45, 2.75) is 5.03 Å². The highest BCUT2D eigenvalue weighted by Crippen LogP contribution is 2.23. The lowest BCUT2D eigenvalue weighted by molar-refractivity contribution is 0.598. The summed E-state index contributed by atoms with van der Waals surface area (Å²) in [7, 11) is -2.02. The second kappa shape index (κ2) is 4.51. The third-order valence-electron chi connectivity index (χ3n) is 2.20. The van der Waals surface area contributed by atoms with Gasteiger partial charge in [0, 0.05) is 13.2 Å². The first-order valence-electron chi connectivity index (χ1n) is 4.94. The number of nitrogens with two attached hydrogens (primary N) is 1. The Bertz CT molecular complexity index is 681. The third-order valence-corrected chi connectivity index (χ3v) is 3.81. The van der Waals surface area contributed by atoms with Crippen LogP contribution in [0.25, 0.3) is 0 Å². The molecule has 0 saturated carbocycles. The first kappa shape index (κ1) is 12.7. The maximum absolute atomic E-state index is 12.0. The van der Waals surface area contributed by atoms with E-state index in [1.807, 2.05) is 0 Å². The fraction of sp³-hybridized carbons (Fsp3) is 0.100. The van der Waals surface area contributed by atoms with Gasteiger partial charge in [0.15, 0.2) is 5.03 Å². The molecule has 0 bridgehead atoms. The van der Waals surface area contributed by atoms with E-state index in [2.05, 4.69) is 9.71 Å². The van der Waals surface area contributed by atoms with Gasteiger partial charge in [0.05, 0.1) is 22.7 Å². The van der Waals surface area contributed by atoms with Crippen LogP contribution in [0.3, 0.4) is 0 Å². The van der Waals surface area contributed by atoms with Crippen molar-refractivity contribution in [1.29, 1.82) is 0 Å². The number of halogens is 1. The number of aromatic nitrogens is 2. The molecule has 6 nitrogen and oxygen atoms in total. The van der Waals surface area contributed by atoms with E-state index in [9.17, 15) is 8.42 Å². The normalized spacial score (nSPS) is 11.4. The van der Waals surface area contributed by atoms with Gasteiger partial charge in [-0.05, 0) is 18.2 Å². The van der Waals surface area contributed by atoms with Crippen LogP contribution in [0, 0.1) is 0 Å². The molecule has 1 aromatic heterocycles. The molecule has 1 aromatic carbocycles. The summed E-state index contributed by atoms with van der Waals surface area (Å²) in [6.45, 7) is 0. The minimum atomic E-state index is -3.70. The number of imidazole rings is 1. The van der Waals surface area contributed by atoms with E-state index >= 15 is 0 Å². The van der Waals surface area contributed by atoms with Gasteiger partial charge in [-0.2, -0.15) is 8.42 Å². The summed E-state index contributed by atoms with van der Waals surface area (Å²) in [4.78, 5) is 3.78. The number of benzene rings is 1. The molecule has 0 radical (unpaired) electrons. The molecule has 1 heterocycles. The molecular weight excluding hydrogens is 276 g/mol. The summed E-state index contributed by atoms with van der Waals surface area (Å²) < 4.78 is 27.8. The minimum Gasteiger partial charge on any atom is -0.397 e. The predicted octanol–water partition coefficient (Wildman–Crippen LogP) is 1.46. The van der Waals surface area contributed by atoms with Crippen molar-refractivity contribution in [3.8, 4) is 0 Å². The molecule has 18 heavy (non-hydrogen) atoms. The van der Waals surface area contributed by atoms with E-state index in [-0.39, 0.29) is 5.03 Å². The van der Waals surface area contributed by atoms with Gasteiger partial charge >= 0.3 is 0 Å². The monoisotopic (exact) mass is 286 g/mol. The fourth-order valence-electron chi connectivity index (χ4n) is 1.34. The first-order chi connectivity index (χ1) is 8.38. The van der Waals surface area contributed by atoms with Crippen molar-refractivity contribution < 1.29 is 8.42 Å². The molecule has 2 rings (SSSR count). The fourth-order valence-corrected chi connectivity index (χ4v) is 2.49. The zero-order chi connectivity index (χ0) is 13.3. The molecule has 2 aromatic rings. The highest BCUT2D eigenvalue weighted by molar-refractivity contribution is 7.92. The summed E-state index contributed by atoms with van der Waals surface area (Å²) in [5, 5.41) is 0.314. The van der Waals surface area contributed by atoms with Crippen molar-refractivity contribution in [2.24, 2.45) is 7.05 Å². The summed E-state index contributed by atoms with van der Waals surface area (Å²) in [5.74, 6) is 0. The lowest BCUT2D eigenvalue weighted by atomic mass is 10.3. The topological polar surface area (TPSA) is 90.0 Å². The summed E-state index contributed by atoms with van der Waals surface area (Å²) >= 11 is 5.75. The number of nitrogens with zero attached hydrogens (tertiary/aromatic N) is 2. The Hall–Kier alpha value is -1.73.